The Bertz CT molecular complexity index is 323. The fourth-order valence-electron chi connectivity index (χ4n) is 4.03. The molecule has 0 aromatic heterocycles. The van der Waals surface area contributed by atoms with Gasteiger partial charge in [-0.25, -0.2) is 0 Å². The van der Waals surface area contributed by atoms with E-state index in [1.165, 1.54) is 25.7 Å². The molecule has 3 heteroatoms. The van der Waals surface area contributed by atoms with Gasteiger partial charge in [-0.3, -0.25) is 0 Å². The fourth-order valence-corrected chi connectivity index (χ4v) is 4.03. The molecule has 0 radical (unpaired) electrons. The molecule has 2 aliphatic carbocycles. The van der Waals surface area contributed by atoms with E-state index in [0.717, 1.165) is 31.5 Å². The maximum absolute atomic E-state index is 6.71. The number of likely N-dealkylation sites (N-methyl/N-ethyl adjacent to an activating group) is 1. The summed E-state index contributed by atoms with van der Waals surface area (Å²) in [6.45, 7) is 10.8. The van der Waals surface area contributed by atoms with Crippen LogP contribution in [-0.2, 0) is 4.74 Å². The molecule has 2 unspecified atom stereocenters. The smallest absolute Gasteiger partial charge is 0.0662 e. The molecular weight excluding hydrogens is 248 g/mol. The van der Waals surface area contributed by atoms with Crippen LogP contribution in [0.15, 0.2) is 0 Å². The molecule has 0 aliphatic heterocycles. The van der Waals surface area contributed by atoms with E-state index in [1.54, 1.807) is 0 Å². The summed E-state index contributed by atoms with van der Waals surface area (Å²) in [7, 11) is 2.26. The molecule has 2 aliphatic rings. The van der Waals surface area contributed by atoms with Gasteiger partial charge in [-0.2, -0.15) is 0 Å². The summed E-state index contributed by atoms with van der Waals surface area (Å²) in [5, 5.41) is 0. The Morgan fingerprint density at radius 2 is 1.80 bits per heavy atom. The van der Waals surface area contributed by atoms with Gasteiger partial charge in [0.15, 0.2) is 0 Å². The molecule has 20 heavy (non-hydrogen) atoms. The van der Waals surface area contributed by atoms with E-state index in [4.69, 9.17) is 10.5 Å². The first-order valence-corrected chi connectivity index (χ1v) is 8.41. The van der Waals surface area contributed by atoms with Crippen molar-refractivity contribution in [3.05, 3.63) is 0 Å². The minimum absolute atomic E-state index is 0.0826. The number of hydrogen-bond donors (Lipinski definition) is 1. The summed E-state index contributed by atoms with van der Waals surface area (Å²) in [6.07, 6.45) is 6.75. The van der Waals surface area contributed by atoms with Crippen LogP contribution in [0, 0.1) is 11.3 Å². The van der Waals surface area contributed by atoms with Gasteiger partial charge in [-0.05, 0) is 52.0 Å². The predicted octanol–water partition coefficient (Wildman–Crippen LogP) is 3.03. The van der Waals surface area contributed by atoms with E-state index in [-0.39, 0.29) is 11.0 Å². The van der Waals surface area contributed by atoms with E-state index in [9.17, 15) is 0 Å². The second kappa shape index (κ2) is 5.94. The van der Waals surface area contributed by atoms with Gasteiger partial charge in [0, 0.05) is 30.1 Å². The number of hydrogen-bond acceptors (Lipinski definition) is 3. The van der Waals surface area contributed by atoms with Gasteiger partial charge in [0.1, 0.15) is 0 Å². The highest BCUT2D eigenvalue weighted by atomic mass is 16.5. The minimum atomic E-state index is -0.0926. The third-order valence-electron chi connectivity index (χ3n) is 6.15. The Hall–Kier alpha value is -0.120. The van der Waals surface area contributed by atoms with Crippen molar-refractivity contribution < 1.29 is 4.74 Å². The molecule has 118 valence electrons. The predicted molar refractivity (Wildman–Crippen MR) is 84.8 cm³/mol. The number of nitrogens with zero attached hydrogens (tertiary/aromatic N) is 1. The highest BCUT2D eigenvalue weighted by molar-refractivity contribution is 5.14. The Kier molecular flexibility index (Phi) is 4.83. The molecule has 0 aromatic rings. The van der Waals surface area contributed by atoms with Crippen LogP contribution in [0.1, 0.15) is 59.8 Å². The molecular formula is C17H34N2O. The number of nitrogens with two attached hydrogens (primary N) is 1. The van der Waals surface area contributed by atoms with E-state index < -0.39 is 0 Å². The van der Waals surface area contributed by atoms with E-state index in [2.05, 4.69) is 39.6 Å². The first-order valence-electron chi connectivity index (χ1n) is 8.41. The van der Waals surface area contributed by atoms with Crippen LogP contribution < -0.4 is 5.73 Å². The lowest BCUT2D eigenvalue weighted by molar-refractivity contribution is -0.157. The molecule has 0 saturated heterocycles. The maximum Gasteiger partial charge on any atom is 0.0662 e. The summed E-state index contributed by atoms with van der Waals surface area (Å²) in [4.78, 5) is 2.52. The van der Waals surface area contributed by atoms with Crippen LogP contribution in [0.4, 0.5) is 0 Å². The van der Waals surface area contributed by atoms with Crippen molar-refractivity contribution in [3.63, 3.8) is 0 Å². The molecule has 2 saturated carbocycles. The van der Waals surface area contributed by atoms with Gasteiger partial charge in [-0.15, -0.1) is 0 Å². The normalized spacial score (nSPS) is 40.6. The molecule has 3 nitrogen and oxygen atoms in total. The lowest BCUT2D eigenvalue weighted by Crippen LogP contribution is -2.73. The average molecular weight is 282 g/mol. The summed E-state index contributed by atoms with van der Waals surface area (Å²) in [5.41, 5.74) is 6.70. The number of ether oxygens (including phenoxy) is 1. The van der Waals surface area contributed by atoms with Crippen LogP contribution in [0.3, 0.4) is 0 Å². The van der Waals surface area contributed by atoms with Crippen molar-refractivity contribution >= 4 is 0 Å². The average Bonchev–Trinajstić information content (AvgIpc) is 2.39. The Labute approximate surface area is 125 Å². The molecule has 2 rings (SSSR count). The van der Waals surface area contributed by atoms with Crippen LogP contribution in [-0.4, -0.2) is 42.8 Å². The van der Waals surface area contributed by atoms with Crippen LogP contribution in [0.25, 0.3) is 0 Å². The third kappa shape index (κ3) is 2.90. The molecule has 0 spiro atoms. The van der Waals surface area contributed by atoms with E-state index in [0.29, 0.717) is 6.10 Å². The number of rotatable bonds is 5. The zero-order valence-corrected chi connectivity index (χ0v) is 14.1. The van der Waals surface area contributed by atoms with E-state index >= 15 is 0 Å². The second-order valence-electron chi connectivity index (χ2n) is 7.85. The summed E-state index contributed by atoms with van der Waals surface area (Å²) < 4.78 is 5.83. The van der Waals surface area contributed by atoms with Crippen molar-refractivity contribution in [1.82, 2.24) is 4.90 Å². The summed E-state index contributed by atoms with van der Waals surface area (Å²) in [6, 6.07) is 0.730. The molecule has 0 amide bonds. The molecule has 0 heterocycles. The monoisotopic (exact) mass is 282 g/mol. The molecule has 2 atom stereocenters. The van der Waals surface area contributed by atoms with Gasteiger partial charge in [0.2, 0.25) is 0 Å². The lowest BCUT2D eigenvalue weighted by Gasteiger charge is -2.60. The fraction of sp³-hybridized carbons (Fsp3) is 1.00. The Morgan fingerprint density at radius 3 is 2.30 bits per heavy atom. The Morgan fingerprint density at radius 1 is 1.20 bits per heavy atom. The van der Waals surface area contributed by atoms with Crippen molar-refractivity contribution in [2.75, 3.05) is 20.2 Å². The topological polar surface area (TPSA) is 38.5 Å². The second-order valence-corrected chi connectivity index (χ2v) is 7.85. The molecule has 0 aromatic carbocycles. The maximum atomic E-state index is 6.71. The quantitative estimate of drug-likeness (QED) is 0.842. The lowest BCUT2D eigenvalue weighted by atomic mass is 9.54. The van der Waals surface area contributed by atoms with Gasteiger partial charge in [-0.1, -0.05) is 20.8 Å². The van der Waals surface area contributed by atoms with Gasteiger partial charge < -0.3 is 15.4 Å². The molecule has 0 bridgehead atoms. The minimum Gasteiger partial charge on any atom is -0.378 e. The van der Waals surface area contributed by atoms with Gasteiger partial charge in [0.25, 0.3) is 0 Å². The van der Waals surface area contributed by atoms with Crippen LogP contribution in [0.5, 0.6) is 0 Å². The van der Waals surface area contributed by atoms with Crippen molar-refractivity contribution in [3.8, 4) is 0 Å². The largest absolute Gasteiger partial charge is 0.378 e. The SMILES string of the molecule is CCOC1CC(N)(CN(C)C2CCC(C)CC2)C1(C)C. The Balaban J connectivity index is 1.89. The van der Waals surface area contributed by atoms with E-state index in [1.807, 2.05) is 0 Å². The van der Waals surface area contributed by atoms with Crippen LogP contribution >= 0.6 is 0 Å². The van der Waals surface area contributed by atoms with Crippen molar-refractivity contribution in [1.29, 1.82) is 0 Å². The van der Waals surface area contributed by atoms with Crippen molar-refractivity contribution in [2.24, 2.45) is 17.1 Å². The highest BCUT2D eigenvalue weighted by Crippen LogP contribution is 2.50. The molecule has 2 fully saturated rings. The highest BCUT2D eigenvalue weighted by Gasteiger charge is 2.58. The summed E-state index contributed by atoms with van der Waals surface area (Å²) in [5.74, 6) is 0.911. The van der Waals surface area contributed by atoms with Gasteiger partial charge in [0.05, 0.1) is 6.10 Å². The molecule has 2 N–H and O–H groups in total. The van der Waals surface area contributed by atoms with Crippen LogP contribution in [0.2, 0.25) is 0 Å². The zero-order chi connectivity index (χ0) is 15.0. The first-order chi connectivity index (χ1) is 9.30. The van der Waals surface area contributed by atoms with Gasteiger partial charge >= 0.3 is 0 Å². The first kappa shape index (κ1) is 16.3. The zero-order valence-electron chi connectivity index (χ0n) is 14.1. The van der Waals surface area contributed by atoms with Crippen molar-refractivity contribution in [2.45, 2.75) is 77.5 Å². The third-order valence-corrected chi connectivity index (χ3v) is 6.15. The standard InChI is InChI=1S/C17H34N2O/c1-6-20-15-11-17(18,16(15,3)4)12-19(5)14-9-7-13(2)8-10-14/h13-15H,6-12,18H2,1-5H3. The summed E-state index contributed by atoms with van der Waals surface area (Å²) >= 11 is 0.